The van der Waals surface area contributed by atoms with Crippen LogP contribution >= 0.6 is 0 Å². The van der Waals surface area contributed by atoms with E-state index in [9.17, 15) is 27.6 Å². The number of anilines is 2. The van der Waals surface area contributed by atoms with E-state index in [1.807, 2.05) is 0 Å². The first-order valence-electron chi connectivity index (χ1n) is 8.73. The molecule has 0 spiro atoms. The Morgan fingerprint density at radius 3 is 2.03 bits per heavy atom. The van der Waals surface area contributed by atoms with E-state index in [0.717, 1.165) is 24.3 Å². The molecule has 0 bridgehead atoms. The molecule has 0 radical (unpaired) electrons. The normalized spacial score (nSPS) is 10.8. The summed E-state index contributed by atoms with van der Waals surface area (Å²) in [5.74, 6) is -1.72. The second-order valence-corrected chi connectivity index (χ2v) is 6.13. The van der Waals surface area contributed by atoms with Gasteiger partial charge in [0.1, 0.15) is 0 Å². The fourth-order valence-electron chi connectivity index (χ4n) is 2.49. The van der Waals surface area contributed by atoms with Gasteiger partial charge in [0.15, 0.2) is 18.1 Å². The van der Waals surface area contributed by atoms with Gasteiger partial charge in [-0.15, -0.1) is 0 Å². The summed E-state index contributed by atoms with van der Waals surface area (Å²) in [4.78, 5) is 35.9. The number of ether oxygens (including phenoxy) is 3. The molecule has 0 aliphatic carbocycles. The zero-order valence-corrected chi connectivity index (χ0v) is 16.8. The van der Waals surface area contributed by atoms with E-state index in [2.05, 4.69) is 10.6 Å². The summed E-state index contributed by atoms with van der Waals surface area (Å²) in [6, 6.07) is 6.41. The Balaban J connectivity index is 2.09. The molecule has 31 heavy (non-hydrogen) atoms. The van der Waals surface area contributed by atoms with Crippen LogP contribution in [0.15, 0.2) is 36.4 Å². The fraction of sp³-hybridized carbons (Fsp3) is 0.250. The van der Waals surface area contributed by atoms with E-state index >= 15 is 0 Å². The molecule has 2 aromatic rings. The Kier molecular flexibility index (Phi) is 7.46. The second kappa shape index (κ2) is 9.83. The SMILES string of the molecule is COc1cc(NC(C)=O)c(C(=O)OCC(=O)Nc2ccc(C(F)(F)F)cc2)cc1OC. The van der Waals surface area contributed by atoms with Crippen LogP contribution in [0, 0.1) is 0 Å². The van der Waals surface area contributed by atoms with Crippen LogP contribution in [0.5, 0.6) is 11.5 Å². The Morgan fingerprint density at radius 2 is 1.52 bits per heavy atom. The van der Waals surface area contributed by atoms with Crippen LogP contribution in [-0.2, 0) is 20.5 Å². The van der Waals surface area contributed by atoms with Crippen molar-refractivity contribution in [2.24, 2.45) is 0 Å². The number of alkyl halides is 3. The van der Waals surface area contributed by atoms with E-state index in [0.29, 0.717) is 0 Å². The third-order valence-corrected chi connectivity index (χ3v) is 3.88. The predicted molar refractivity (Wildman–Crippen MR) is 104 cm³/mol. The number of rotatable bonds is 7. The van der Waals surface area contributed by atoms with E-state index in [-0.39, 0.29) is 28.4 Å². The van der Waals surface area contributed by atoms with Crippen molar-refractivity contribution in [3.05, 3.63) is 47.5 Å². The molecule has 8 nitrogen and oxygen atoms in total. The molecule has 0 heterocycles. The van der Waals surface area contributed by atoms with Crippen molar-refractivity contribution in [2.75, 3.05) is 31.5 Å². The Morgan fingerprint density at radius 1 is 0.935 bits per heavy atom. The smallest absolute Gasteiger partial charge is 0.416 e. The standard InChI is InChI=1S/C20H19F3N2O6/c1-11(26)24-15-9-17(30-3)16(29-2)8-14(15)19(28)31-10-18(27)25-13-6-4-12(5-7-13)20(21,22)23/h4-9H,10H2,1-3H3,(H,24,26)(H,25,27). The van der Waals surface area contributed by atoms with Gasteiger partial charge in [-0.2, -0.15) is 13.2 Å². The van der Waals surface area contributed by atoms with Crippen molar-refractivity contribution in [3.63, 3.8) is 0 Å². The number of nitrogens with one attached hydrogen (secondary N) is 2. The van der Waals surface area contributed by atoms with Gasteiger partial charge in [0.25, 0.3) is 5.91 Å². The minimum atomic E-state index is -4.50. The van der Waals surface area contributed by atoms with Gasteiger partial charge in [0, 0.05) is 24.7 Å². The van der Waals surface area contributed by atoms with Gasteiger partial charge >= 0.3 is 12.1 Å². The topological polar surface area (TPSA) is 103 Å². The van der Waals surface area contributed by atoms with Gasteiger partial charge in [-0.25, -0.2) is 4.79 Å². The zero-order valence-electron chi connectivity index (χ0n) is 16.8. The highest BCUT2D eigenvalue weighted by atomic mass is 19.4. The summed E-state index contributed by atoms with van der Waals surface area (Å²) in [7, 11) is 2.72. The largest absolute Gasteiger partial charge is 0.493 e. The highest BCUT2D eigenvalue weighted by molar-refractivity contribution is 6.02. The summed E-state index contributed by atoms with van der Waals surface area (Å²) in [6.45, 7) is 0.525. The number of benzene rings is 2. The van der Waals surface area contributed by atoms with Gasteiger partial charge in [0.05, 0.1) is 31.0 Å². The molecule has 0 aliphatic heterocycles. The molecule has 2 rings (SSSR count). The molecule has 2 N–H and O–H groups in total. The maximum absolute atomic E-state index is 12.6. The number of carbonyl (C=O) groups is 3. The van der Waals surface area contributed by atoms with Crippen LogP contribution in [-0.4, -0.2) is 38.6 Å². The lowest BCUT2D eigenvalue weighted by Gasteiger charge is -2.14. The van der Waals surface area contributed by atoms with Crippen molar-refractivity contribution in [1.82, 2.24) is 0 Å². The fourth-order valence-corrected chi connectivity index (χ4v) is 2.49. The van der Waals surface area contributed by atoms with E-state index in [4.69, 9.17) is 14.2 Å². The van der Waals surface area contributed by atoms with Crippen LogP contribution in [0.2, 0.25) is 0 Å². The summed E-state index contributed by atoms with van der Waals surface area (Å²) >= 11 is 0. The molecule has 0 atom stereocenters. The third kappa shape index (κ3) is 6.36. The van der Waals surface area contributed by atoms with Crippen molar-refractivity contribution in [1.29, 1.82) is 0 Å². The average Bonchev–Trinajstić information content (AvgIpc) is 2.71. The maximum atomic E-state index is 12.6. The zero-order chi connectivity index (χ0) is 23.2. The predicted octanol–water partition coefficient (Wildman–Crippen LogP) is 3.48. The third-order valence-electron chi connectivity index (χ3n) is 3.88. The number of hydrogen-bond acceptors (Lipinski definition) is 6. The van der Waals surface area contributed by atoms with Gasteiger partial charge in [-0.05, 0) is 24.3 Å². The summed E-state index contributed by atoms with van der Waals surface area (Å²) in [6.07, 6.45) is -4.50. The number of hydrogen-bond donors (Lipinski definition) is 2. The first-order valence-corrected chi connectivity index (χ1v) is 8.73. The molecule has 11 heteroatoms. The number of halogens is 3. The summed E-state index contributed by atoms with van der Waals surface area (Å²) < 4.78 is 52.9. The second-order valence-electron chi connectivity index (χ2n) is 6.13. The highest BCUT2D eigenvalue weighted by Gasteiger charge is 2.30. The quantitative estimate of drug-likeness (QED) is 0.639. The molecular formula is C20H19F3N2O6. The number of esters is 1. The van der Waals surface area contributed by atoms with E-state index in [1.165, 1.54) is 33.3 Å². The first-order chi connectivity index (χ1) is 14.5. The molecule has 0 unspecified atom stereocenters. The molecule has 0 fully saturated rings. The van der Waals surface area contributed by atoms with Crippen LogP contribution in [0.4, 0.5) is 24.5 Å². The maximum Gasteiger partial charge on any atom is 0.416 e. The molecule has 0 aromatic heterocycles. The molecule has 166 valence electrons. The molecule has 2 amide bonds. The highest BCUT2D eigenvalue weighted by Crippen LogP contribution is 2.34. The minimum absolute atomic E-state index is 0.0818. The van der Waals surface area contributed by atoms with Crippen LogP contribution in [0.25, 0.3) is 0 Å². The van der Waals surface area contributed by atoms with Crippen LogP contribution < -0.4 is 20.1 Å². The van der Waals surface area contributed by atoms with Crippen molar-refractivity contribution in [3.8, 4) is 11.5 Å². The Bertz CT molecular complexity index is 974. The van der Waals surface area contributed by atoms with Gasteiger partial charge in [-0.3, -0.25) is 9.59 Å². The number of carbonyl (C=O) groups excluding carboxylic acids is 3. The number of methoxy groups -OCH3 is 2. The monoisotopic (exact) mass is 440 g/mol. The van der Waals surface area contributed by atoms with Gasteiger partial charge in [-0.1, -0.05) is 0 Å². The molecular weight excluding hydrogens is 421 g/mol. The van der Waals surface area contributed by atoms with Crippen molar-refractivity contribution >= 4 is 29.2 Å². The lowest BCUT2D eigenvalue weighted by atomic mass is 10.1. The Labute approximate surface area is 175 Å². The first kappa shape index (κ1) is 23.5. The van der Waals surface area contributed by atoms with Crippen LogP contribution in [0.3, 0.4) is 0 Å². The Hall–Kier alpha value is -3.76. The lowest BCUT2D eigenvalue weighted by Crippen LogP contribution is -2.22. The van der Waals surface area contributed by atoms with Crippen molar-refractivity contribution in [2.45, 2.75) is 13.1 Å². The van der Waals surface area contributed by atoms with E-state index < -0.39 is 36.1 Å². The molecule has 0 saturated heterocycles. The molecule has 2 aromatic carbocycles. The molecule has 0 aliphatic rings. The summed E-state index contributed by atoms with van der Waals surface area (Å²) in [5, 5.41) is 4.77. The average molecular weight is 440 g/mol. The molecule has 0 saturated carbocycles. The van der Waals surface area contributed by atoms with Gasteiger partial charge in [0.2, 0.25) is 5.91 Å². The van der Waals surface area contributed by atoms with E-state index in [1.54, 1.807) is 0 Å². The minimum Gasteiger partial charge on any atom is -0.493 e. The lowest BCUT2D eigenvalue weighted by molar-refractivity contribution is -0.137. The van der Waals surface area contributed by atoms with Crippen LogP contribution in [0.1, 0.15) is 22.8 Å². The van der Waals surface area contributed by atoms with Gasteiger partial charge < -0.3 is 24.8 Å². The number of amides is 2. The van der Waals surface area contributed by atoms with Crippen molar-refractivity contribution < 1.29 is 41.8 Å². The summed E-state index contributed by atoms with van der Waals surface area (Å²) in [5.41, 5.74) is -0.775.